The minimum absolute atomic E-state index is 0.558. The van der Waals surface area contributed by atoms with E-state index in [1.54, 1.807) is 0 Å². The van der Waals surface area contributed by atoms with Gasteiger partial charge >= 0.3 is 0 Å². The Kier molecular flexibility index (Phi) is 5.43. The van der Waals surface area contributed by atoms with E-state index >= 15 is 0 Å². The molecule has 0 amide bonds. The first-order valence-electron chi connectivity index (χ1n) is 6.05. The smallest absolute Gasteiger partial charge is 0.134 e. The maximum absolute atomic E-state index is 5.80. The molecule has 0 bridgehead atoms. The topological polar surface area (TPSA) is 35.2 Å². The molecule has 0 heterocycles. The van der Waals surface area contributed by atoms with Crippen LogP contribution in [0.25, 0.3) is 0 Å². The molecule has 0 unspecified atom stereocenters. The molecule has 0 atom stereocenters. The maximum Gasteiger partial charge on any atom is 0.134 e. The standard InChI is InChI=1S/C15H15Br2NO/c16-13-4-1-12(2-5-13)10-19-15-6-3-11(7-8-18)9-14(15)17/h1-6,9H,7-8,10,18H2. The van der Waals surface area contributed by atoms with Crippen LogP contribution in [0, 0.1) is 0 Å². The zero-order chi connectivity index (χ0) is 13.7. The molecule has 2 rings (SSSR count). The largest absolute Gasteiger partial charge is 0.488 e. The van der Waals surface area contributed by atoms with E-state index in [9.17, 15) is 0 Å². The predicted octanol–water partition coefficient (Wildman–Crippen LogP) is 4.29. The van der Waals surface area contributed by atoms with E-state index < -0.39 is 0 Å². The van der Waals surface area contributed by atoms with Gasteiger partial charge in [-0.25, -0.2) is 0 Å². The molecule has 2 nitrogen and oxygen atoms in total. The molecule has 0 saturated heterocycles. The van der Waals surface area contributed by atoms with E-state index in [-0.39, 0.29) is 0 Å². The van der Waals surface area contributed by atoms with Crippen LogP contribution in [0.1, 0.15) is 11.1 Å². The Morgan fingerprint density at radius 3 is 2.26 bits per heavy atom. The zero-order valence-corrected chi connectivity index (χ0v) is 13.6. The highest BCUT2D eigenvalue weighted by molar-refractivity contribution is 9.10. The van der Waals surface area contributed by atoms with Gasteiger partial charge in [0, 0.05) is 4.47 Å². The zero-order valence-electron chi connectivity index (χ0n) is 10.4. The van der Waals surface area contributed by atoms with Crippen molar-refractivity contribution in [3.63, 3.8) is 0 Å². The highest BCUT2D eigenvalue weighted by atomic mass is 79.9. The summed E-state index contributed by atoms with van der Waals surface area (Å²) in [4.78, 5) is 0. The molecule has 0 aliphatic heterocycles. The van der Waals surface area contributed by atoms with Crippen molar-refractivity contribution in [1.29, 1.82) is 0 Å². The fraction of sp³-hybridized carbons (Fsp3) is 0.200. The number of hydrogen-bond donors (Lipinski definition) is 1. The maximum atomic E-state index is 5.80. The second kappa shape index (κ2) is 7.08. The van der Waals surface area contributed by atoms with Crippen LogP contribution >= 0.6 is 31.9 Å². The van der Waals surface area contributed by atoms with Gasteiger partial charge in [-0.05, 0) is 64.3 Å². The Balaban J connectivity index is 2.01. The molecule has 0 aliphatic carbocycles. The molecule has 2 N–H and O–H groups in total. The Labute approximate surface area is 130 Å². The van der Waals surface area contributed by atoms with Crippen molar-refractivity contribution < 1.29 is 4.74 Å². The summed E-state index contributed by atoms with van der Waals surface area (Å²) in [5.41, 5.74) is 7.90. The predicted molar refractivity (Wildman–Crippen MR) is 85.4 cm³/mol. The first-order valence-corrected chi connectivity index (χ1v) is 7.63. The lowest BCUT2D eigenvalue weighted by atomic mass is 10.1. The van der Waals surface area contributed by atoms with E-state index in [0.717, 1.165) is 26.7 Å². The fourth-order valence-electron chi connectivity index (χ4n) is 1.73. The van der Waals surface area contributed by atoms with E-state index in [1.165, 1.54) is 5.56 Å². The number of ether oxygens (including phenoxy) is 1. The number of hydrogen-bond acceptors (Lipinski definition) is 2. The van der Waals surface area contributed by atoms with Gasteiger partial charge in [0.2, 0.25) is 0 Å². The molecule has 0 aromatic heterocycles. The molecule has 0 aliphatic rings. The average Bonchev–Trinajstić information content (AvgIpc) is 2.40. The van der Waals surface area contributed by atoms with Crippen molar-refractivity contribution in [2.24, 2.45) is 5.73 Å². The molecule has 19 heavy (non-hydrogen) atoms. The van der Waals surface area contributed by atoms with Crippen molar-refractivity contribution in [2.75, 3.05) is 6.54 Å². The SMILES string of the molecule is NCCc1ccc(OCc2ccc(Br)cc2)c(Br)c1. The monoisotopic (exact) mass is 383 g/mol. The van der Waals surface area contributed by atoms with Gasteiger partial charge in [-0.15, -0.1) is 0 Å². The number of benzene rings is 2. The molecule has 2 aromatic rings. The molecule has 2 aromatic carbocycles. The van der Waals surface area contributed by atoms with Crippen LogP contribution in [0.3, 0.4) is 0 Å². The summed E-state index contributed by atoms with van der Waals surface area (Å²) >= 11 is 6.95. The van der Waals surface area contributed by atoms with Gasteiger partial charge in [-0.1, -0.05) is 34.1 Å². The molecule has 4 heteroatoms. The van der Waals surface area contributed by atoms with Gasteiger partial charge in [0.05, 0.1) is 4.47 Å². The van der Waals surface area contributed by atoms with E-state index in [0.29, 0.717) is 13.2 Å². The van der Waals surface area contributed by atoms with Crippen LogP contribution < -0.4 is 10.5 Å². The molecule has 0 saturated carbocycles. The number of rotatable bonds is 5. The summed E-state index contributed by atoms with van der Waals surface area (Å²) in [5.74, 6) is 0.851. The van der Waals surface area contributed by atoms with Gasteiger partial charge < -0.3 is 10.5 Å². The van der Waals surface area contributed by atoms with Crippen molar-refractivity contribution in [1.82, 2.24) is 0 Å². The van der Waals surface area contributed by atoms with Crippen LogP contribution in [-0.2, 0) is 13.0 Å². The van der Waals surface area contributed by atoms with Crippen molar-refractivity contribution in [3.8, 4) is 5.75 Å². The highest BCUT2D eigenvalue weighted by Gasteiger charge is 2.03. The van der Waals surface area contributed by atoms with Crippen molar-refractivity contribution >= 4 is 31.9 Å². The third-order valence-electron chi connectivity index (χ3n) is 2.74. The summed E-state index contributed by atoms with van der Waals surface area (Å²) in [6, 6.07) is 14.2. The molecule has 0 fully saturated rings. The molecule has 100 valence electrons. The summed E-state index contributed by atoms with van der Waals surface area (Å²) in [6.07, 6.45) is 0.881. The average molecular weight is 385 g/mol. The van der Waals surface area contributed by atoms with E-state index in [2.05, 4.69) is 44.0 Å². The van der Waals surface area contributed by atoms with Gasteiger partial charge in [-0.3, -0.25) is 0 Å². The minimum Gasteiger partial charge on any atom is -0.488 e. The second-order valence-corrected chi connectivity index (χ2v) is 5.99. The van der Waals surface area contributed by atoms with Crippen LogP contribution in [0.5, 0.6) is 5.75 Å². The fourth-order valence-corrected chi connectivity index (χ4v) is 2.53. The Hall–Kier alpha value is -0.840. The quantitative estimate of drug-likeness (QED) is 0.834. The van der Waals surface area contributed by atoms with E-state index in [1.807, 2.05) is 30.3 Å². The van der Waals surface area contributed by atoms with Crippen LogP contribution in [0.15, 0.2) is 51.4 Å². The Morgan fingerprint density at radius 1 is 0.947 bits per heavy atom. The summed E-state index contributed by atoms with van der Waals surface area (Å²) < 4.78 is 7.84. The van der Waals surface area contributed by atoms with Crippen LogP contribution in [0.4, 0.5) is 0 Å². The first-order chi connectivity index (χ1) is 9.19. The van der Waals surface area contributed by atoms with Crippen molar-refractivity contribution in [2.45, 2.75) is 13.0 Å². The lowest BCUT2D eigenvalue weighted by molar-refractivity contribution is 0.304. The molecule has 0 radical (unpaired) electrons. The Morgan fingerprint density at radius 2 is 1.63 bits per heavy atom. The van der Waals surface area contributed by atoms with Crippen LogP contribution in [0.2, 0.25) is 0 Å². The number of nitrogens with two attached hydrogens (primary N) is 1. The summed E-state index contributed by atoms with van der Waals surface area (Å²) in [5, 5.41) is 0. The van der Waals surface area contributed by atoms with Gasteiger partial charge in [-0.2, -0.15) is 0 Å². The molecular weight excluding hydrogens is 370 g/mol. The summed E-state index contributed by atoms with van der Waals surface area (Å²) in [7, 11) is 0. The first kappa shape index (κ1) is 14.6. The molecular formula is C15H15Br2NO. The van der Waals surface area contributed by atoms with E-state index in [4.69, 9.17) is 10.5 Å². The summed E-state index contributed by atoms with van der Waals surface area (Å²) in [6.45, 7) is 1.22. The highest BCUT2D eigenvalue weighted by Crippen LogP contribution is 2.27. The van der Waals surface area contributed by atoms with Crippen molar-refractivity contribution in [3.05, 3.63) is 62.5 Å². The lowest BCUT2D eigenvalue weighted by Crippen LogP contribution is -2.03. The van der Waals surface area contributed by atoms with Gasteiger partial charge in [0.25, 0.3) is 0 Å². The lowest BCUT2D eigenvalue weighted by Gasteiger charge is -2.10. The van der Waals surface area contributed by atoms with Crippen LogP contribution in [-0.4, -0.2) is 6.54 Å². The second-order valence-electron chi connectivity index (χ2n) is 4.22. The van der Waals surface area contributed by atoms with Gasteiger partial charge in [0.1, 0.15) is 12.4 Å². The minimum atomic E-state index is 0.558. The molecule has 0 spiro atoms. The Bertz CT molecular complexity index is 540. The normalized spacial score (nSPS) is 10.5. The third kappa shape index (κ3) is 4.34. The van der Waals surface area contributed by atoms with Gasteiger partial charge in [0.15, 0.2) is 0 Å². The third-order valence-corrected chi connectivity index (χ3v) is 3.89. The number of halogens is 2.